The summed E-state index contributed by atoms with van der Waals surface area (Å²) >= 11 is 3.47. The van der Waals surface area contributed by atoms with Gasteiger partial charge in [-0.2, -0.15) is 0 Å². The number of halogens is 1. The Hall–Kier alpha value is -1.29. The molecule has 0 aliphatic rings. The van der Waals surface area contributed by atoms with Gasteiger partial charge in [0, 0.05) is 17.6 Å². The number of carboxylic acid groups (broad SMARTS) is 1. The number of hydrogen-bond acceptors (Lipinski definition) is 2. The Morgan fingerprint density at radius 1 is 1.59 bits per heavy atom. The Labute approximate surface area is 110 Å². The minimum atomic E-state index is -0.786. The second-order valence-electron chi connectivity index (χ2n) is 3.88. The zero-order valence-corrected chi connectivity index (χ0v) is 11.4. The molecular weight excluding hydrogens is 282 g/mol. The lowest BCUT2D eigenvalue weighted by atomic mass is 10.1. The van der Waals surface area contributed by atoms with Crippen LogP contribution >= 0.6 is 15.9 Å². The van der Waals surface area contributed by atoms with Crippen molar-refractivity contribution in [3.05, 3.63) is 41.4 Å². The highest BCUT2D eigenvalue weighted by atomic mass is 79.9. The van der Waals surface area contributed by atoms with Gasteiger partial charge in [0.2, 0.25) is 0 Å². The van der Waals surface area contributed by atoms with Crippen LogP contribution in [0.25, 0.3) is 0 Å². The van der Waals surface area contributed by atoms with E-state index in [9.17, 15) is 4.79 Å². The van der Waals surface area contributed by atoms with E-state index >= 15 is 0 Å². The second-order valence-corrected chi connectivity index (χ2v) is 4.74. The molecule has 92 valence electrons. The Kier molecular flexibility index (Phi) is 5.22. The number of nitrogens with zero attached hydrogens (tertiary/aromatic N) is 1. The van der Waals surface area contributed by atoms with Gasteiger partial charge < -0.3 is 10.0 Å². The van der Waals surface area contributed by atoms with Crippen LogP contribution in [0.3, 0.4) is 0 Å². The maximum Gasteiger partial charge on any atom is 0.308 e. The normalized spacial score (nSPS) is 11.9. The van der Waals surface area contributed by atoms with E-state index in [2.05, 4.69) is 22.5 Å². The van der Waals surface area contributed by atoms with Gasteiger partial charge in [0.05, 0.1) is 11.6 Å². The molecule has 4 heteroatoms. The largest absolute Gasteiger partial charge is 0.481 e. The summed E-state index contributed by atoms with van der Waals surface area (Å²) in [6.07, 6.45) is 1.77. The van der Waals surface area contributed by atoms with Gasteiger partial charge in [-0.05, 0) is 28.1 Å². The van der Waals surface area contributed by atoms with E-state index in [0.29, 0.717) is 13.1 Å². The molecule has 1 unspecified atom stereocenters. The van der Waals surface area contributed by atoms with Gasteiger partial charge in [-0.15, -0.1) is 6.58 Å². The van der Waals surface area contributed by atoms with Gasteiger partial charge in [-0.3, -0.25) is 4.79 Å². The van der Waals surface area contributed by atoms with Crippen molar-refractivity contribution in [1.29, 1.82) is 0 Å². The van der Waals surface area contributed by atoms with E-state index in [4.69, 9.17) is 5.11 Å². The maximum atomic E-state index is 10.9. The van der Waals surface area contributed by atoms with Crippen LogP contribution in [0.2, 0.25) is 0 Å². The van der Waals surface area contributed by atoms with E-state index in [1.807, 2.05) is 29.2 Å². The third-order valence-corrected chi connectivity index (χ3v) is 3.13. The summed E-state index contributed by atoms with van der Waals surface area (Å²) in [5.74, 6) is -1.20. The molecule has 0 saturated heterocycles. The number of hydrogen-bond donors (Lipinski definition) is 1. The first-order valence-corrected chi connectivity index (χ1v) is 6.18. The minimum absolute atomic E-state index is 0.415. The summed E-state index contributed by atoms with van der Waals surface area (Å²) in [6.45, 7) is 6.49. The first-order chi connectivity index (χ1) is 8.06. The molecule has 17 heavy (non-hydrogen) atoms. The zero-order chi connectivity index (χ0) is 12.8. The maximum absolute atomic E-state index is 10.9. The monoisotopic (exact) mass is 297 g/mol. The lowest BCUT2D eigenvalue weighted by Gasteiger charge is -2.26. The van der Waals surface area contributed by atoms with Gasteiger partial charge in [0.1, 0.15) is 0 Å². The van der Waals surface area contributed by atoms with Crippen LogP contribution in [0.1, 0.15) is 6.92 Å². The van der Waals surface area contributed by atoms with Gasteiger partial charge in [0.15, 0.2) is 0 Å². The first kappa shape index (κ1) is 13.8. The lowest BCUT2D eigenvalue weighted by Crippen LogP contribution is -2.32. The van der Waals surface area contributed by atoms with Crippen LogP contribution < -0.4 is 4.90 Å². The SMILES string of the molecule is C=CCN(CC(C)C(=O)O)c1ccccc1Br. The molecule has 0 aliphatic carbocycles. The molecule has 1 aromatic rings. The predicted molar refractivity (Wildman–Crippen MR) is 73.4 cm³/mol. The number of carboxylic acids is 1. The fourth-order valence-electron chi connectivity index (χ4n) is 1.54. The number of benzene rings is 1. The molecule has 0 bridgehead atoms. The van der Waals surface area contributed by atoms with Gasteiger partial charge >= 0.3 is 5.97 Å². The third-order valence-electron chi connectivity index (χ3n) is 2.46. The highest BCUT2D eigenvalue weighted by Gasteiger charge is 2.17. The third kappa shape index (κ3) is 3.89. The lowest BCUT2D eigenvalue weighted by molar-refractivity contribution is -0.140. The highest BCUT2D eigenvalue weighted by Crippen LogP contribution is 2.26. The summed E-state index contributed by atoms with van der Waals surface area (Å²) in [6, 6.07) is 7.76. The molecule has 0 saturated carbocycles. The number of anilines is 1. The Balaban J connectivity index is 2.89. The molecule has 0 fully saturated rings. The van der Waals surface area contributed by atoms with Crippen molar-refractivity contribution in [1.82, 2.24) is 0 Å². The molecule has 0 spiro atoms. The van der Waals surface area contributed by atoms with Crippen molar-refractivity contribution in [2.45, 2.75) is 6.92 Å². The summed E-state index contributed by atoms with van der Waals surface area (Å²) in [4.78, 5) is 12.9. The standard InChI is InChI=1S/C13H16BrNO2/c1-3-8-15(9-10(2)13(16)17)12-7-5-4-6-11(12)14/h3-7,10H,1,8-9H2,2H3,(H,16,17). The summed E-state index contributed by atoms with van der Waals surface area (Å²) < 4.78 is 0.958. The molecule has 1 rings (SSSR count). The van der Waals surface area contributed by atoms with Crippen LogP contribution in [0.4, 0.5) is 5.69 Å². The fraction of sp³-hybridized carbons (Fsp3) is 0.308. The van der Waals surface area contributed by atoms with E-state index in [-0.39, 0.29) is 0 Å². The number of aliphatic carboxylic acids is 1. The molecule has 3 nitrogen and oxygen atoms in total. The van der Waals surface area contributed by atoms with Crippen molar-refractivity contribution >= 4 is 27.6 Å². The first-order valence-electron chi connectivity index (χ1n) is 5.39. The van der Waals surface area contributed by atoms with E-state index < -0.39 is 11.9 Å². The predicted octanol–water partition coefficient (Wildman–Crippen LogP) is 3.16. The van der Waals surface area contributed by atoms with Gasteiger partial charge in [-0.25, -0.2) is 0 Å². The molecule has 1 N–H and O–H groups in total. The summed E-state index contributed by atoms with van der Waals surface area (Å²) in [5, 5.41) is 8.95. The van der Waals surface area contributed by atoms with Crippen LogP contribution in [0, 0.1) is 5.92 Å². The second kappa shape index (κ2) is 6.45. The van der Waals surface area contributed by atoms with Crippen LogP contribution in [-0.4, -0.2) is 24.2 Å². The van der Waals surface area contributed by atoms with Crippen LogP contribution in [0.15, 0.2) is 41.4 Å². The number of para-hydroxylation sites is 1. The average molecular weight is 298 g/mol. The average Bonchev–Trinajstić information content (AvgIpc) is 2.29. The molecule has 0 amide bonds. The molecule has 0 aliphatic heterocycles. The van der Waals surface area contributed by atoms with Crippen molar-refractivity contribution < 1.29 is 9.90 Å². The summed E-state index contributed by atoms with van der Waals surface area (Å²) in [5.41, 5.74) is 0.987. The van der Waals surface area contributed by atoms with Crippen LogP contribution in [0.5, 0.6) is 0 Å². The number of carbonyl (C=O) groups is 1. The van der Waals surface area contributed by atoms with Gasteiger partial charge in [0.25, 0.3) is 0 Å². The smallest absolute Gasteiger partial charge is 0.308 e. The number of rotatable bonds is 6. The van der Waals surface area contributed by atoms with E-state index in [1.54, 1.807) is 13.0 Å². The van der Waals surface area contributed by atoms with E-state index in [1.165, 1.54) is 0 Å². The highest BCUT2D eigenvalue weighted by molar-refractivity contribution is 9.10. The molecule has 0 aromatic heterocycles. The molecule has 1 aromatic carbocycles. The van der Waals surface area contributed by atoms with Crippen molar-refractivity contribution in [3.63, 3.8) is 0 Å². The Bertz CT molecular complexity index is 406. The molecular formula is C13H16BrNO2. The Morgan fingerprint density at radius 2 is 2.24 bits per heavy atom. The van der Waals surface area contributed by atoms with Crippen molar-refractivity contribution in [2.75, 3.05) is 18.0 Å². The summed E-state index contributed by atoms with van der Waals surface area (Å²) in [7, 11) is 0. The van der Waals surface area contributed by atoms with Crippen molar-refractivity contribution in [3.8, 4) is 0 Å². The molecule has 0 heterocycles. The Morgan fingerprint density at radius 3 is 2.76 bits per heavy atom. The molecule has 1 atom stereocenters. The van der Waals surface area contributed by atoms with Crippen LogP contribution in [-0.2, 0) is 4.79 Å². The van der Waals surface area contributed by atoms with Gasteiger partial charge in [-0.1, -0.05) is 25.1 Å². The minimum Gasteiger partial charge on any atom is -0.481 e. The molecule has 0 radical (unpaired) electrons. The topological polar surface area (TPSA) is 40.5 Å². The quantitative estimate of drug-likeness (QED) is 0.820. The van der Waals surface area contributed by atoms with Crippen molar-refractivity contribution in [2.24, 2.45) is 5.92 Å². The zero-order valence-electron chi connectivity index (χ0n) is 9.77. The van der Waals surface area contributed by atoms with E-state index in [0.717, 1.165) is 10.2 Å². The fourth-order valence-corrected chi connectivity index (χ4v) is 2.08.